The SMILES string of the molecule is C1=CC2=[N+](c3ccccc3)c3cccc4c5cc6c(cc5n(c34)C2C=C1)c1ccccc1n6-c1ccccc1. The third kappa shape index (κ3) is 2.74. The lowest BCUT2D eigenvalue weighted by molar-refractivity contribution is 0.781. The molecule has 3 nitrogen and oxygen atoms in total. The van der Waals surface area contributed by atoms with Gasteiger partial charge in [-0.25, -0.2) is 0 Å². The standard InChI is InChI=1S/C36H24N3/c1-3-12-24(13-4-1)37-30-18-8-7-16-26(30)28-22-35-29(23-34(28)37)27-17-11-21-33-36(27)39(35)32-20-10-9-19-31(32)38(33)25-14-5-2-6-15-25/h1-23,32H/q+1. The number of fused-ring (bicyclic) bond motifs is 8. The molecule has 39 heavy (non-hydrogen) atoms. The second kappa shape index (κ2) is 7.68. The minimum atomic E-state index is 0.116. The molecule has 2 aliphatic rings. The molecular formula is C36H24N3+. The molecule has 1 aliphatic carbocycles. The Morgan fingerprint density at radius 1 is 0.564 bits per heavy atom. The number of hydrogen-bond acceptors (Lipinski definition) is 0. The van der Waals surface area contributed by atoms with E-state index in [2.05, 4.69) is 153 Å². The molecule has 0 fully saturated rings. The number of rotatable bonds is 2. The third-order valence-electron chi connectivity index (χ3n) is 8.38. The molecule has 3 heteroatoms. The smallest absolute Gasteiger partial charge is 0.235 e. The highest BCUT2D eigenvalue weighted by molar-refractivity contribution is 6.22. The Morgan fingerprint density at radius 2 is 1.28 bits per heavy atom. The summed E-state index contributed by atoms with van der Waals surface area (Å²) < 4.78 is 7.40. The molecule has 9 rings (SSSR count). The molecule has 7 aromatic rings. The van der Waals surface area contributed by atoms with E-state index in [1.165, 1.54) is 66.4 Å². The van der Waals surface area contributed by atoms with Crippen molar-refractivity contribution in [3.63, 3.8) is 0 Å². The van der Waals surface area contributed by atoms with Gasteiger partial charge < -0.3 is 9.13 Å². The Bertz CT molecular complexity index is 2210. The van der Waals surface area contributed by atoms with Crippen molar-refractivity contribution in [3.8, 4) is 5.69 Å². The number of benzene rings is 5. The first-order chi connectivity index (χ1) is 19.4. The molecule has 182 valence electrons. The fourth-order valence-corrected chi connectivity index (χ4v) is 6.82. The van der Waals surface area contributed by atoms with E-state index in [-0.39, 0.29) is 6.04 Å². The van der Waals surface area contributed by atoms with E-state index in [1.807, 2.05) is 0 Å². The van der Waals surface area contributed by atoms with Crippen molar-refractivity contribution >= 4 is 60.7 Å². The quantitative estimate of drug-likeness (QED) is 0.211. The van der Waals surface area contributed by atoms with E-state index in [0.29, 0.717) is 0 Å². The first kappa shape index (κ1) is 20.9. The van der Waals surface area contributed by atoms with Gasteiger partial charge in [0.05, 0.1) is 16.6 Å². The van der Waals surface area contributed by atoms with E-state index >= 15 is 0 Å². The highest BCUT2D eigenvalue weighted by atomic mass is 15.2. The number of hydrogen-bond donors (Lipinski definition) is 0. The number of aromatic nitrogens is 2. The number of para-hydroxylation sites is 4. The summed E-state index contributed by atoms with van der Waals surface area (Å²) in [4.78, 5) is 0. The van der Waals surface area contributed by atoms with Crippen LogP contribution in [0.3, 0.4) is 0 Å². The summed E-state index contributed by atoms with van der Waals surface area (Å²) in [6.07, 6.45) is 8.94. The molecule has 1 unspecified atom stereocenters. The number of nitrogens with zero attached hydrogens (tertiary/aromatic N) is 3. The predicted molar refractivity (Wildman–Crippen MR) is 164 cm³/mol. The maximum Gasteiger partial charge on any atom is 0.235 e. The second-order valence-electron chi connectivity index (χ2n) is 10.4. The zero-order valence-corrected chi connectivity index (χ0v) is 21.2. The van der Waals surface area contributed by atoms with Crippen LogP contribution in [0.1, 0.15) is 6.04 Å². The van der Waals surface area contributed by atoms with Crippen LogP contribution in [0.15, 0.2) is 140 Å². The first-order valence-corrected chi connectivity index (χ1v) is 13.5. The van der Waals surface area contributed by atoms with Gasteiger partial charge in [0, 0.05) is 51.5 Å². The molecular weight excluding hydrogens is 474 g/mol. The topological polar surface area (TPSA) is 12.9 Å². The summed E-state index contributed by atoms with van der Waals surface area (Å²) in [6.45, 7) is 0. The van der Waals surface area contributed by atoms with Crippen LogP contribution in [0.2, 0.25) is 0 Å². The molecule has 0 saturated carbocycles. The Kier molecular flexibility index (Phi) is 4.11. The Labute approximate surface area is 225 Å². The summed E-state index contributed by atoms with van der Waals surface area (Å²) in [5.41, 5.74) is 9.90. The van der Waals surface area contributed by atoms with Crippen LogP contribution in [0, 0.1) is 0 Å². The Hall–Kier alpha value is -5.15. The van der Waals surface area contributed by atoms with Crippen molar-refractivity contribution in [2.75, 3.05) is 0 Å². The van der Waals surface area contributed by atoms with E-state index in [0.717, 1.165) is 0 Å². The van der Waals surface area contributed by atoms with Gasteiger partial charge in [-0.2, -0.15) is 4.58 Å². The lowest BCUT2D eigenvalue weighted by Gasteiger charge is -2.24. The predicted octanol–water partition coefficient (Wildman–Crippen LogP) is 8.85. The normalized spacial score (nSPS) is 16.2. The van der Waals surface area contributed by atoms with Crippen LogP contribution in [0.4, 0.5) is 11.4 Å². The van der Waals surface area contributed by atoms with Gasteiger partial charge in [0.1, 0.15) is 11.6 Å². The summed E-state index contributed by atoms with van der Waals surface area (Å²) >= 11 is 0. The van der Waals surface area contributed by atoms with Crippen molar-refractivity contribution < 1.29 is 0 Å². The van der Waals surface area contributed by atoms with Crippen LogP contribution in [-0.2, 0) is 0 Å². The monoisotopic (exact) mass is 498 g/mol. The molecule has 0 spiro atoms. The van der Waals surface area contributed by atoms with Gasteiger partial charge in [0.25, 0.3) is 0 Å². The molecule has 5 aromatic carbocycles. The fraction of sp³-hybridized carbons (Fsp3) is 0.0278. The molecule has 0 bridgehead atoms. The molecule has 2 aromatic heterocycles. The largest absolute Gasteiger partial charge is 0.318 e. The van der Waals surface area contributed by atoms with E-state index in [1.54, 1.807) is 0 Å². The minimum absolute atomic E-state index is 0.116. The second-order valence-corrected chi connectivity index (χ2v) is 10.4. The van der Waals surface area contributed by atoms with Gasteiger partial charge in [-0.3, -0.25) is 0 Å². The molecule has 0 saturated heterocycles. The minimum Gasteiger partial charge on any atom is -0.318 e. The highest BCUT2D eigenvalue weighted by Gasteiger charge is 2.37. The Balaban J connectivity index is 1.45. The van der Waals surface area contributed by atoms with Gasteiger partial charge in [0.15, 0.2) is 0 Å². The summed E-state index contributed by atoms with van der Waals surface area (Å²) in [6, 6.07) is 42.0. The van der Waals surface area contributed by atoms with Crippen LogP contribution in [-0.4, -0.2) is 14.8 Å². The van der Waals surface area contributed by atoms with Gasteiger partial charge in [-0.05, 0) is 30.3 Å². The van der Waals surface area contributed by atoms with Gasteiger partial charge >= 0.3 is 0 Å². The summed E-state index contributed by atoms with van der Waals surface area (Å²) in [5, 5.41) is 5.14. The molecule has 3 heterocycles. The summed E-state index contributed by atoms with van der Waals surface area (Å²) in [5.74, 6) is 0. The maximum atomic E-state index is 2.56. The lowest BCUT2D eigenvalue weighted by atomic mass is 10.0. The molecule has 0 amide bonds. The third-order valence-corrected chi connectivity index (χ3v) is 8.38. The number of allylic oxidation sites excluding steroid dienone is 4. The van der Waals surface area contributed by atoms with Crippen molar-refractivity contribution in [2.24, 2.45) is 0 Å². The molecule has 0 radical (unpaired) electrons. The van der Waals surface area contributed by atoms with E-state index in [9.17, 15) is 0 Å². The zero-order chi connectivity index (χ0) is 25.5. The molecule has 1 atom stereocenters. The van der Waals surface area contributed by atoms with Gasteiger partial charge in [-0.1, -0.05) is 85.0 Å². The summed E-state index contributed by atoms with van der Waals surface area (Å²) in [7, 11) is 0. The van der Waals surface area contributed by atoms with Crippen LogP contribution in [0.25, 0.3) is 49.3 Å². The Morgan fingerprint density at radius 3 is 2.15 bits per heavy atom. The fourth-order valence-electron chi connectivity index (χ4n) is 6.82. The van der Waals surface area contributed by atoms with Crippen molar-refractivity contribution in [1.82, 2.24) is 13.7 Å². The molecule has 0 N–H and O–H groups in total. The van der Waals surface area contributed by atoms with E-state index < -0.39 is 0 Å². The van der Waals surface area contributed by atoms with Crippen molar-refractivity contribution in [3.05, 3.63) is 140 Å². The van der Waals surface area contributed by atoms with Crippen molar-refractivity contribution in [1.29, 1.82) is 0 Å². The maximum absolute atomic E-state index is 2.56. The average molecular weight is 499 g/mol. The van der Waals surface area contributed by atoms with Crippen LogP contribution < -0.4 is 4.58 Å². The van der Waals surface area contributed by atoms with Gasteiger partial charge in [0.2, 0.25) is 17.1 Å². The highest BCUT2D eigenvalue weighted by Crippen LogP contribution is 2.45. The van der Waals surface area contributed by atoms with Crippen molar-refractivity contribution in [2.45, 2.75) is 6.04 Å². The zero-order valence-electron chi connectivity index (χ0n) is 21.2. The van der Waals surface area contributed by atoms with Crippen LogP contribution >= 0.6 is 0 Å². The first-order valence-electron chi connectivity index (χ1n) is 13.5. The lowest BCUT2D eigenvalue weighted by Crippen LogP contribution is -2.30. The average Bonchev–Trinajstić information content (AvgIpc) is 3.50. The van der Waals surface area contributed by atoms with Gasteiger partial charge in [-0.15, -0.1) is 0 Å². The van der Waals surface area contributed by atoms with E-state index in [4.69, 9.17) is 0 Å². The molecule has 1 aliphatic heterocycles. The van der Waals surface area contributed by atoms with Crippen LogP contribution in [0.5, 0.6) is 0 Å².